The van der Waals surface area contributed by atoms with E-state index in [2.05, 4.69) is 34.9 Å². The third-order valence-electron chi connectivity index (χ3n) is 8.60. The number of nitrogens with one attached hydrogen (secondary N) is 2. The van der Waals surface area contributed by atoms with E-state index in [1.54, 1.807) is 0 Å². The zero-order valence-electron chi connectivity index (χ0n) is 19.4. The molecule has 0 saturated heterocycles. The van der Waals surface area contributed by atoms with Crippen LogP contribution >= 0.6 is 0 Å². The Morgan fingerprint density at radius 3 is 1.91 bits per heavy atom. The largest absolute Gasteiger partial charge is 1.00 e. The van der Waals surface area contributed by atoms with E-state index in [0.29, 0.717) is 40.8 Å². The minimum absolute atomic E-state index is 0. The van der Waals surface area contributed by atoms with Crippen molar-refractivity contribution in [2.75, 3.05) is 6.61 Å². The SMILES string of the molecule is CCOC(=O)C1=NNC2C[C@@]3(C)C[C@H]3CC12.C[C@@]12CC3NN=C(C(=O)O)C3C[C@@H]1C2.[Na+].[OH-]. The predicted molar refractivity (Wildman–Crippen MR) is 113 cm³/mol. The van der Waals surface area contributed by atoms with Gasteiger partial charge in [-0.05, 0) is 68.1 Å². The standard InChI is InChI=1S/C12H18N2O2.C10H14N2O2.Na.H2O/c1-3-16-11(15)10-8-4-7-5-12(7,2)6-9(8)13-14-10;1-10-3-5(10)2-6-7(4-10)11-12-8(6)9(13)14;;/h7-9,13H,3-6H2,1-2H3;5-7,11H,2-4H2,1H3,(H,13,14);;1H2/q;;+1;/p-1/t7-,8?,9?,12-;5-,6?,7?,10-;;/m11../s1. The molecule has 0 bridgehead atoms. The van der Waals surface area contributed by atoms with E-state index in [1.165, 1.54) is 12.8 Å². The molecule has 9 nitrogen and oxygen atoms in total. The van der Waals surface area contributed by atoms with Gasteiger partial charge in [0.2, 0.25) is 0 Å². The molecule has 6 aliphatic rings. The second kappa shape index (κ2) is 8.89. The first-order chi connectivity index (χ1) is 14.2. The summed E-state index contributed by atoms with van der Waals surface area (Å²) in [5.74, 6) is 0.912. The number of aliphatic carboxylic acids is 1. The normalized spacial score (nSPS) is 43.2. The van der Waals surface area contributed by atoms with Crippen molar-refractivity contribution >= 4 is 23.4 Å². The summed E-state index contributed by atoms with van der Waals surface area (Å²) in [7, 11) is 0. The first-order valence-electron chi connectivity index (χ1n) is 11.3. The van der Waals surface area contributed by atoms with Crippen molar-refractivity contribution in [1.29, 1.82) is 0 Å². The number of nitrogens with zero attached hydrogens (tertiary/aromatic N) is 2. The van der Waals surface area contributed by atoms with Crippen molar-refractivity contribution in [3.05, 3.63) is 0 Å². The fraction of sp³-hybridized carbons (Fsp3) is 0.818. The number of rotatable bonds is 3. The van der Waals surface area contributed by atoms with Gasteiger partial charge >= 0.3 is 41.5 Å². The molecule has 4 saturated carbocycles. The topological polar surface area (TPSA) is 142 Å². The number of hydrazone groups is 2. The summed E-state index contributed by atoms with van der Waals surface area (Å²) in [4.78, 5) is 22.6. The van der Waals surface area contributed by atoms with E-state index in [-0.39, 0.29) is 53.0 Å². The molecule has 10 heteroatoms. The number of hydrogen-bond acceptors (Lipinski definition) is 8. The van der Waals surface area contributed by atoms with Crippen molar-refractivity contribution in [2.45, 2.75) is 71.4 Å². The summed E-state index contributed by atoms with van der Waals surface area (Å²) < 4.78 is 5.04. The molecule has 172 valence electrons. The maximum Gasteiger partial charge on any atom is 1.00 e. The molecule has 6 rings (SSSR count). The molecular formula is C22H33N4NaO5. The molecule has 0 amide bonds. The molecule has 0 aromatic carbocycles. The number of hydrogen-bond donors (Lipinski definition) is 3. The van der Waals surface area contributed by atoms with Crippen LogP contribution in [0.3, 0.4) is 0 Å². The second-order valence-electron chi connectivity index (χ2n) is 10.7. The molecule has 2 aliphatic heterocycles. The van der Waals surface area contributed by atoms with Crippen molar-refractivity contribution in [3.8, 4) is 0 Å². The third-order valence-corrected chi connectivity index (χ3v) is 8.60. The Morgan fingerprint density at radius 1 is 0.969 bits per heavy atom. The first-order valence-corrected chi connectivity index (χ1v) is 11.3. The Bertz CT molecular complexity index is 850. The van der Waals surface area contributed by atoms with Gasteiger partial charge in [-0.25, -0.2) is 9.59 Å². The quantitative estimate of drug-likeness (QED) is 0.364. The molecule has 4 unspecified atom stereocenters. The predicted octanol–water partition coefficient (Wildman–Crippen LogP) is -1.02. The van der Waals surface area contributed by atoms with Crippen LogP contribution in [-0.4, -0.2) is 52.6 Å². The van der Waals surface area contributed by atoms with Gasteiger partial charge in [-0.15, -0.1) is 0 Å². The Morgan fingerprint density at radius 2 is 1.44 bits per heavy atom. The summed E-state index contributed by atoms with van der Waals surface area (Å²) in [6.07, 6.45) is 6.94. The molecule has 0 radical (unpaired) electrons. The zero-order valence-corrected chi connectivity index (χ0v) is 21.4. The molecule has 8 atom stereocenters. The molecule has 2 heterocycles. The van der Waals surface area contributed by atoms with Gasteiger partial charge in [0.05, 0.1) is 18.7 Å². The molecule has 4 N–H and O–H groups in total. The summed E-state index contributed by atoms with van der Waals surface area (Å²) in [5, 5.41) is 17.1. The van der Waals surface area contributed by atoms with Crippen LogP contribution in [0, 0.1) is 34.5 Å². The molecule has 0 aromatic heterocycles. The van der Waals surface area contributed by atoms with Gasteiger partial charge < -0.3 is 26.2 Å². The van der Waals surface area contributed by atoms with Crippen LogP contribution in [0.2, 0.25) is 0 Å². The summed E-state index contributed by atoms with van der Waals surface area (Å²) in [5.41, 5.74) is 8.08. The fourth-order valence-electron chi connectivity index (χ4n) is 6.43. The van der Waals surface area contributed by atoms with Crippen molar-refractivity contribution in [2.24, 2.45) is 44.7 Å². The van der Waals surface area contributed by atoms with E-state index >= 15 is 0 Å². The van der Waals surface area contributed by atoms with E-state index in [4.69, 9.17) is 9.84 Å². The molecule has 0 aromatic rings. The van der Waals surface area contributed by atoms with Crippen LogP contribution in [0.25, 0.3) is 0 Å². The maximum atomic E-state index is 11.7. The van der Waals surface area contributed by atoms with Crippen molar-refractivity contribution in [3.63, 3.8) is 0 Å². The van der Waals surface area contributed by atoms with Gasteiger partial charge in [0.25, 0.3) is 0 Å². The Labute approximate surface area is 210 Å². The number of carboxylic acid groups (broad SMARTS) is 1. The van der Waals surface area contributed by atoms with Crippen LogP contribution < -0.4 is 40.4 Å². The zero-order chi connectivity index (χ0) is 21.3. The van der Waals surface area contributed by atoms with Crippen LogP contribution in [0.1, 0.15) is 59.3 Å². The Balaban J connectivity index is 0.000000171. The number of carbonyl (C=O) groups excluding carboxylic acids is 1. The van der Waals surface area contributed by atoms with Crippen LogP contribution in [0.5, 0.6) is 0 Å². The number of carbonyl (C=O) groups is 2. The first kappa shape index (κ1) is 25.5. The van der Waals surface area contributed by atoms with Gasteiger partial charge in [-0.3, -0.25) is 0 Å². The number of fused-ring (bicyclic) bond motifs is 4. The Kier molecular flexibility index (Phi) is 7.07. The van der Waals surface area contributed by atoms with Crippen LogP contribution in [0.15, 0.2) is 10.2 Å². The monoisotopic (exact) mass is 456 g/mol. The van der Waals surface area contributed by atoms with E-state index in [0.717, 1.165) is 37.5 Å². The summed E-state index contributed by atoms with van der Waals surface area (Å²) in [6.45, 7) is 6.90. The number of carboxylic acids is 1. The fourth-order valence-corrected chi connectivity index (χ4v) is 6.43. The number of esters is 1. The number of ether oxygens (including phenoxy) is 1. The van der Waals surface area contributed by atoms with Crippen molar-refractivity contribution < 1.29 is 54.5 Å². The molecule has 32 heavy (non-hydrogen) atoms. The smallest absolute Gasteiger partial charge is 0.870 e. The summed E-state index contributed by atoms with van der Waals surface area (Å²) >= 11 is 0. The van der Waals surface area contributed by atoms with Crippen molar-refractivity contribution in [1.82, 2.24) is 10.9 Å². The molecule has 4 fully saturated rings. The summed E-state index contributed by atoms with van der Waals surface area (Å²) in [6, 6.07) is 0.646. The second-order valence-corrected chi connectivity index (χ2v) is 10.7. The van der Waals surface area contributed by atoms with E-state index < -0.39 is 5.97 Å². The maximum absolute atomic E-state index is 11.7. The minimum Gasteiger partial charge on any atom is -0.870 e. The van der Waals surface area contributed by atoms with Gasteiger partial charge in [0, 0.05) is 11.8 Å². The molecule has 4 aliphatic carbocycles. The minimum atomic E-state index is -0.853. The average molecular weight is 457 g/mol. The van der Waals surface area contributed by atoms with E-state index in [1.807, 2.05) is 6.92 Å². The van der Waals surface area contributed by atoms with Gasteiger partial charge in [-0.1, -0.05) is 13.8 Å². The molecule has 0 spiro atoms. The Hall–Kier alpha value is -1.16. The van der Waals surface area contributed by atoms with Crippen LogP contribution in [0.4, 0.5) is 0 Å². The van der Waals surface area contributed by atoms with E-state index in [9.17, 15) is 9.59 Å². The van der Waals surface area contributed by atoms with Crippen LogP contribution in [-0.2, 0) is 14.3 Å². The van der Waals surface area contributed by atoms with Gasteiger partial charge in [0.1, 0.15) is 5.71 Å². The molecular weight excluding hydrogens is 423 g/mol. The average Bonchev–Trinajstić information content (AvgIpc) is 3.39. The van der Waals surface area contributed by atoms with Gasteiger partial charge in [0.15, 0.2) is 5.71 Å². The third kappa shape index (κ3) is 4.33. The van der Waals surface area contributed by atoms with Gasteiger partial charge in [-0.2, -0.15) is 10.2 Å².